The fourth-order valence-electron chi connectivity index (χ4n) is 2.83. The second-order valence-corrected chi connectivity index (χ2v) is 6.47. The van der Waals surface area contributed by atoms with Gasteiger partial charge in [-0.2, -0.15) is 18.3 Å². The van der Waals surface area contributed by atoms with Crippen LogP contribution in [0.5, 0.6) is 0 Å². The average Bonchev–Trinajstić information content (AvgIpc) is 3.04. The standard InChI is InChI=1S/C21H15F3N6O/c22-21(23,24)18-10-17(15-8-5-9-25-11-15)29-30(18)16-12-26-20(27-13-16)28-19(31)14-6-3-1-2-4-7-14/h1,3-13H,2H2,(H,26,27,28,31). The molecule has 3 aromatic heterocycles. The number of halogens is 3. The molecule has 156 valence electrons. The first-order valence-electron chi connectivity index (χ1n) is 9.16. The smallest absolute Gasteiger partial charge is 0.290 e. The van der Waals surface area contributed by atoms with E-state index in [1.807, 2.05) is 12.2 Å². The minimum atomic E-state index is -4.65. The van der Waals surface area contributed by atoms with Gasteiger partial charge in [-0.05, 0) is 30.7 Å². The summed E-state index contributed by atoms with van der Waals surface area (Å²) in [6.07, 6.45) is 10.1. The zero-order valence-corrected chi connectivity index (χ0v) is 15.9. The monoisotopic (exact) mass is 424 g/mol. The van der Waals surface area contributed by atoms with Crippen molar-refractivity contribution in [2.24, 2.45) is 0 Å². The highest BCUT2D eigenvalue weighted by molar-refractivity contribution is 6.05. The summed E-state index contributed by atoms with van der Waals surface area (Å²) in [6, 6.07) is 4.16. The van der Waals surface area contributed by atoms with Crippen LogP contribution in [0.3, 0.4) is 0 Å². The van der Waals surface area contributed by atoms with Crippen LogP contribution in [0.4, 0.5) is 19.1 Å². The first-order valence-corrected chi connectivity index (χ1v) is 9.16. The lowest BCUT2D eigenvalue weighted by molar-refractivity contribution is -0.142. The van der Waals surface area contributed by atoms with Crippen molar-refractivity contribution in [1.29, 1.82) is 0 Å². The zero-order valence-electron chi connectivity index (χ0n) is 15.9. The molecule has 10 heteroatoms. The third-order valence-corrected chi connectivity index (χ3v) is 4.31. The summed E-state index contributed by atoms with van der Waals surface area (Å²) < 4.78 is 41.4. The number of rotatable bonds is 4. The van der Waals surface area contributed by atoms with Gasteiger partial charge in [0.1, 0.15) is 11.4 Å². The molecule has 0 unspecified atom stereocenters. The molecule has 0 fully saturated rings. The largest absolute Gasteiger partial charge is 0.433 e. The van der Waals surface area contributed by atoms with Gasteiger partial charge >= 0.3 is 6.18 Å². The number of aromatic nitrogens is 5. The molecule has 7 nitrogen and oxygen atoms in total. The molecular weight excluding hydrogens is 409 g/mol. The molecular formula is C21H15F3N6O. The summed E-state index contributed by atoms with van der Waals surface area (Å²) >= 11 is 0. The molecule has 1 aliphatic rings. The van der Waals surface area contributed by atoms with E-state index in [0.29, 0.717) is 17.6 Å². The number of anilines is 1. The highest BCUT2D eigenvalue weighted by atomic mass is 19.4. The summed E-state index contributed by atoms with van der Waals surface area (Å²) in [7, 11) is 0. The van der Waals surface area contributed by atoms with E-state index in [4.69, 9.17) is 0 Å². The maximum Gasteiger partial charge on any atom is 0.433 e. The van der Waals surface area contributed by atoms with Crippen molar-refractivity contribution in [2.75, 3.05) is 5.32 Å². The van der Waals surface area contributed by atoms with Gasteiger partial charge in [-0.3, -0.25) is 15.1 Å². The van der Waals surface area contributed by atoms with Gasteiger partial charge in [0, 0.05) is 23.5 Å². The Balaban J connectivity index is 1.61. The molecule has 0 saturated carbocycles. The number of amides is 1. The van der Waals surface area contributed by atoms with Crippen LogP contribution in [0.15, 0.2) is 78.9 Å². The molecule has 31 heavy (non-hydrogen) atoms. The molecule has 1 amide bonds. The molecule has 0 aliphatic heterocycles. The summed E-state index contributed by atoms with van der Waals surface area (Å²) in [5.74, 6) is -0.464. The van der Waals surface area contributed by atoms with Crippen molar-refractivity contribution in [2.45, 2.75) is 12.6 Å². The number of carbonyl (C=O) groups excluding carboxylic acids is 1. The van der Waals surface area contributed by atoms with Gasteiger partial charge in [0.15, 0.2) is 0 Å². The number of pyridine rings is 1. The van der Waals surface area contributed by atoms with Crippen LogP contribution in [-0.4, -0.2) is 30.6 Å². The maximum absolute atomic E-state index is 13.6. The van der Waals surface area contributed by atoms with Gasteiger partial charge in [0.25, 0.3) is 5.91 Å². The molecule has 0 saturated heterocycles. The fourth-order valence-corrected chi connectivity index (χ4v) is 2.83. The quantitative estimate of drug-likeness (QED) is 0.681. The molecule has 1 aliphatic carbocycles. The molecule has 0 radical (unpaired) electrons. The van der Waals surface area contributed by atoms with E-state index in [2.05, 4.69) is 25.4 Å². The Morgan fingerprint density at radius 2 is 1.94 bits per heavy atom. The highest BCUT2D eigenvalue weighted by Gasteiger charge is 2.36. The summed E-state index contributed by atoms with van der Waals surface area (Å²) in [5.41, 5.74) is -0.0218. The van der Waals surface area contributed by atoms with Crippen LogP contribution in [0.1, 0.15) is 12.1 Å². The summed E-state index contributed by atoms with van der Waals surface area (Å²) in [5, 5.41) is 6.57. The molecule has 3 aromatic rings. The third kappa shape index (κ3) is 4.58. The van der Waals surface area contributed by atoms with E-state index < -0.39 is 17.8 Å². The number of nitrogens with one attached hydrogen (secondary N) is 1. The Hall–Kier alpha value is -4.08. The Bertz CT molecular complexity index is 1180. The van der Waals surface area contributed by atoms with Crippen LogP contribution >= 0.6 is 0 Å². The fraction of sp³-hybridized carbons (Fsp3) is 0.0952. The summed E-state index contributed by atoms with van der Waals surface area (Å²) in [4.78, 5) is 24.1. The normalized spacial score (nSPS) is 13.6. The summed E-state index contributed by atoms with van der Waals surface area (Å²) in [6.45, 7) is 0. The van der Waals surface area contributed by atoms with Crippen LogP contribution in [-0.2, 0) is 11.0 Å². The SMILES string of the molecule is O=C(Nc1ncc(-n2nc(-c3cccnc3)cc2C(F)(F)F)cn1)C1=CC=CCC=C1. The third-order valence-electron chi connectivity index (χ3n) is 4.31. The average molecular weight is 424 g/mol. The minimum absolute atomic E-state index is 0.00280. The van der Waals surface area contributed by atoms with Gasteiger partial charge in [-0.1, -0.05) is 24.3 Å². The number of alkyl halides is 3. The van der Waals surface area contributed by atoms with E-state index in [-0.39, 0.29) is 17.3 Å². The first kappa shape index (κ1) is 20.2. The number of hydrogen-bond acceptors (Lipinski definition) is 5. The van der Waals surface area contributed by atoms with Gasteiger partial charge in [-0.25, -0.2) is 14.6 Å². The van der Waals surface area contributed by atoms with Crippen LogP contribution in [0.25, 0.3) is 16.9 Å². The van der Waals surface area contributed by atoms with E-state index in [1.165, 1.54) is 12.4 Å². The van der Waals surface area contributed by atoms with Crippen LogP contribution in [0, 0.1) is 0 Å². The van der Waals surface area contributed by atoms with Crippen LogP contribution in [0.2, 0.25) is 0 Å². The Labute approximate surface area is 174 Å². The van der Waals surface area contributed by atoms with Crippen molar-refractivity contribution in [1.82, 2.24) is 24.7 Å². The van der Waals surface area contributed by atoms with Crippen molar-refractivity contribution < 1.29 is 18.0 Å². The minimum Gasteiger partial charge on any atom is -0.290 e. The lowest BCUT2D eigenvalue weighted by Crippen LogP contribution is -2.16. The molecule has 1 N–H and O–H groups in total. The number of carbonyl (C=O) groups is 1. The van der Waals surface area contributed by atoms with Gasteiger partial charge in [0.2, 0.25) is 5.95 Å². The predicted molar refractivity (Wildman–Crippen MR) is 107 cm³/mol. The molecule has 4 rings (SSSR count). The molecule has 0 bridgehead atoms. The second kappa shape index (κ2) is 8.34. The van der Waals surface area contributed by atoms with Gasteiger partial charge < -0.3 is 0 Å². The molecule has 0 aromatic carbocycles. The molecule has 0 atom stereocenters. The second-order valence-electron chi connectivity index (χ2n) is 6.47. The lowest BCUT2D eigenvalue weighted by atomic mass is 10.2. The van der Waals surface area contributed by atoms with E-state index in [1.54, 1.807) is 30.4 Å². The highest BCUT2D eigenvalue weighted by Crippen LogP contribution is 2.33. The lowest BCUT2D eigenvalue weighted by Gasteiger charge is -2.10. The predicted octanol–water partition coefficient (Wildman–Crippen LogP) is 4.12. The van der Waals surface area contributed by atoms with E-state index >= 15 is 0 Å². The maximum atomic E-state index is 13.6. The number of hydrogen-bond donors (Lipinski definition) is 1. The van der Waals surface area contributed by atoms with Crippen molar-refractivity contribution in [3.8, 4) is 16.9 Å². The Kier molecular flexibility index (Phi) is 5.44. The van der Waals surface area contributed by atoms with E-state index in [9.17, 15) is 18.0 Å². The van der Waals surface area contributed by atoms with Crippen molar-refractivity contribution in [3.63, 3.8) is 0 Å². The van der Waals surface area contributed by atoms with E-state index in [0.717, 1.165) is 23.1 Å². The van der Waals surface area contributed by atoms with Crippen molar-refractivity contribution in [3.05, 3.63) is 84.6 Å². The Morgan fingerprint density at radius 1 is 1.13 bits per heavy atom. The molecule has 0 spiro atoms. The van der Waals surface area contributed by atoms with Gasteiger partial charge in [-0.15, -0.1) is 0 Å². The van der Waals surface area contributed by atoms with Crippen molar-refractivity contribution >= 4 is 11.9 Å². The van der Waals surface area contributed by atoms with Crippen LogP contribution < -0.4 is 5.32 Å². The number of allylic oxidation sites excluding steroid dienone is 4. The Morgan fingerprint density at radius 3 is 2.65 bits per heavy atom. The number of nitrogens with zero attached hydrogens (tertiary/aromatic N) is 5. The topological polar surface area (TPSA) is 85.6 Å². The first-order chi connectivity index (χ1) is 14.9. The van der Waals surface area contributed by atoms with Gasteiger partial charge in [0.05, 0.1) is 18.1 Å². The molecule has 3 heterocycles. The zero-order chi connectivity index (χ0) is 21.8.